The zero-order valence-corrected chi connectivity index (χ0v) is 12.3. The Hall–Kier alpha value is -0.570. The molecule has 2 N–H and O–H groups in total. The van der Waals surface area contributed by atoms with Crippen LogP contribution in [0.5, 0.6) is 0 Å². The van der Waals surface area contributed by atoms with Crippen molar-refractivity contribution in [2.24, 2.45) is 5.92 Å². The maximum atomic E-state index is 10.4. The zero-order valence-electron chi connectivity index (χ0n) is 11.5. The van der Waals surface area contributed by atoms with Crippen molar-refractivity contribution in [3.05, 3.63) is 34.9 Å². The molecule has 0 saturated heterocycles. The lowest BCUT2D eigenvalue weighted by Gasteiger charge is -2.24. The first-order valence-electron chi connectivity index (χ1n) is 6.57. The van der Waals surface area contributed by atoms with Crippen LogP contribution in [-0.2, 0) is 6.42 Å². The molecule has 0 aliphatic rings. The molecule has 1 aromatic carbocycles. The summed E-state index contributed by atoms with van der Waals surface area (Å²) in [6, 6.07) is 7.70. The summed E-state index contributed by atoms with van der Waals surface area (Å²) in [5.74, 6) is 0.638. The highest BCUT2D eigenvalue weighted by Gasteiger charge is 2.21. The van der Waals surface area contributed by atoms with Crippen LogP contribution in [0.15, 0.2) is 24.3 Å². The molecule has 1 rings (SSSR count). The van der Waals surface area contributed by atoms with Crippen molar-refractivity contribution in [1.82, 2.24) is 5.32 Å². The monoisotopic (exact) mass is 269 g/mol. The quantitative estimate of drug-likeness (QED) is 0.745. The number of nitrogens with one attached hydrogen (secondary N) is 1. The van der Waals surface area contributed by atoms with Crippen LogP contribution in [0.25, 0.3) is 0 Å². The molecule has 1 unspecified atom stereocenters. The zero-order chi connectivity index (χ0) is 13.6. The van der Waals surface area contributed by atoms with Crippen molar-refractivity contribution in [3.63, 3.8) is 0 Å². The topological polar surface area (TPSA) is 32.3 Å². The van der Waals surface area contributed by atoms with Gasteiger partial charge in [0.15, 0.2) is 0 Å². The van der Waals surface area contributed by atoms with Crippen LogP contribution in [0.1, 0.15) is 32.8 Å². The second kappa shape index (κ2) is 7.13. The fraction of sp³-hybridized carbons (Fsp3) is 0.600. The Balaban J connectivity index is 2.42. The Kier molecular flexibility index (Phi) is 6.13. The van der Waals surface area contributed by atoms with E-state index in [2.05, 4.69) is 19.2 Å². The fourth-order valence-electron chi connectivity index (χ4n) is 1.89. The van der Waals surface area contributed by atoms with E-state index in [9.17, 15) is 5.11 Å². The molecule has 0 heterocycles. The Morgan fingerprint density at radius 3 is 2.61 bits per heavy atom. The first-order valence-corrected chi connectivity index (χ1v) is 6.95. The summed E-state index contributed by atoms with van der Waals surface area (Å²) in [6.45, 7) is 8.04. The molecule has 0 aliphatic heterocycles. The van der Waals surface area contributed by atoms with Crippen LogP contribution in [0.3, 0.4) is 0 Å². The Morgan fingerprint density at radius 1 is 1.33 bits per heavy atom. The summed E-state index contributed by atoms with van der Waals surface area (Å²) in [7, 11) is 0. The van der Waals surface area contributed by atoms with Crippen molar-refractivity contribution in [3.8, 4) is 0 Å². The van der Waals surface area contributed by atoms with Crippen molar-refractivity contribution in [1.29, 1.82) is 0 Å². The van der Waals surface area contributed by atoms with Gasteiger partial charge in [0.1, 0.15) is 0 Å². The molecule has 0 aromatic heterocycles. The molecule has 0 amide bonds. The van der Waals surface area contributed by atoms with E-state index in [0.29, 0.717) is 12.3 Å². The number of hydrogen-bond acceptors (Lipinski definition) is 2. The van der Waals surface area contributed by atoms with Gasteiger partial charge in [-0.3, -0.25) is 0 Å². The van der Waals surface area contributed by atoms with Crippen LogP contribution in [0.4, 0.5) is 0 Å². The summed E-state index contributed by atoms with van der Waals surface area (Å²) < 4.78 is 0. The molecule has 0 radical (unpaired) electrons. The number of aliphatic hydroxyl groups is 1. The van der Waals surface area contributed by atoms with Crippen LogP contribution >= 0.6 is 11.6 Å². The van der Waals surface area contributed by atoms with E-state index in [-0.39, 0.29) is 0 Å². The third-order valence-corrected chi connectivity index (χ3v) is 3.29. The van der Waals surface area contributed by atoms with Gasteiger partial charge in [0.25, 0.3) is 0 Å². The molecule has 0 aliphatic carbocycles. The van der Waals surface area contributed by atoms with E-state index in [0.717, 1.165) is 30.1 Å². The van der Waals surface area contributed by atoms with E-state index >= 15 is 0 Å². The molecule has 18 heavy (non-hydrogen) atoms. The van der Waals surface area contributed by atoms with Gasteiger partial charge in [-0.2, -0.15) is 0 Å². The number of rotatable bonds is 7. The Morgan fingerprint density at radius 2 is 2.00 bits per heavy atom. The van der Waals surface area contributed by atoms with Gasteiger partial charge in [-0.1, -0.05) is 43.6 Å². The Labute approximate surface area is 115 Å². The molecular weight excluding hydrogens is 246 g/mol. The van der Waals surface area contributed by atoms with Crippen LogP contribution < -0.4 is 5.32 Å². The molecule has 1 atom stereocenters. The van der Waals surface area contributed by atoms with Gasteiger partial charge in [-0.15, -0.1) is 0 Å². The van der Waals surface area contributed by atoms with Crippen LogP contribution in [0.2, 0.25) is 5.02 Å². The van der Waals surface area contributed by atoms with Crippen molar-refractivity contribution in [2.75, 3.05) is 13.1 Å². The predicted octanol–water partition coefficient (Wildman–Crippen LogP) is 3.27. The highest BCUT2D eigenvalue weighted by atomic mass is 35.5. The van der Waals surface area contributed by atoms with E-state index in [1.807, 2.05) is 31.2 Å². The summed E-state index contributed by atoms with van der Waals surface area (Å²) >= 11 is 6.11. The van der Waals surface area contributed by atoms with Crippen molar-refractivity contribution >= 4 is 11.6 Å². The highest BCUT2D eigenvalue weighted by molar-refractivity contribution is 6.31. The minimum absolute atomic E-state index is 0.593. The molecule has 3 heteroatoms. The minimum Gasteiger partial charge on any atom is -0.390 e. The van der Waals surface area contributed by atoms with Gasteiger partial charge in [0.05, 0.1) is 5.60 Å². The molecule has 0 fully saturated rings. The standard InChI is InChI=1S/C15H24ClNO/c1-12(2)11-17-9-8-15(3,18)10-13-6-4-5-7-14(13)16/h4-7,12,17-18H,8-11H2,1-3H3. The summed E-state index contributed by atoms with van der Waals surface area (Å²) in [4.78, 5) is 0. The molecule has 0 saturated carbocycles. The minimum atomic E-state index is -0.713. The lowest BCUT2D eigenvalue weighted by Crippen LogP contribution is -2.33. The lowest BCUT2D eigenvalue weighted by molar-refractivity contribution is 0.0514. The average molecular weight is 270 g/mol. The van der Waals surface area contributed by atoms with Gasteiger partial charge in [-0.25, -0.2) is 0 Å². The van der Waals surface area contributed by atoms with Gasteiger partial charge in [0.2, 0.25) is 0 Å². The van der Waals surface area contributed by atoms with Gasteiger partial charge < -0.3 is 10.4 Å². The second-order valence-electron chi connectivity index (χ2n) is 5.61. The largest absolute Gasteiger partial charge is 0.390 e. The van der Waals surface area contributed by atoms with E-state index in [1.165, 1.54) is 0 Å². The summed E-state index contributed by atoms with van der Waals surface area (Å²) in [6.07, 6.45) is 1.32. The maximum Gasteiger partial charge on any atom is 0.0672 e. The second-order valence-corrected chi connectivity index (χ2v) is 6.02. The van der Waals surface area contributed by atoms with Gasteiger partial charge in [0, 0.05) is 11.4 Å². The maximum absolute atomic E-state index is 10.4. The first kappa shape index (κ1) is 15.5. The van der Waals surface area contributed by atoms with Crippen LogP contribution in [0, 0.1) is 5.92 Å². The normalized spacial score (nSPS) is 14.8. The molecule has 0 bridgehead atoms. The number of halogens is 1. The number of benzene rings is 1. The third-order valence-electron chi connectivity index (χ3n) is 2.92. The third kappa shape index (κ3) is 5.85. The van der Waals surface area contributed by atoms with Crippen LogP contribution in [-0.4, -0.2) is 23.8 Å². The van der Waals surface area contributed by atoms with E-state index < -0.39 is 5.60 Å². The molecule has 102 valence electrons. The molecule has 2 nitrogen and oxygen atoms in total. The molecule has 1 aromatic rings. The van der Waals surface area contributed by atoms with Gasteiger partial charge >= 0.3 is 0 Å². The predicted molar refractivity (Wildman–Crippen MR) is 78.1 cm³/mol. The lowest BCUT2D eigenvalue weighted by atomic mass is 9.93. The summed E-state index contributed by atoms with van der Waals surface area (Å²) in [5, 5.41) is 14.4. The Bertz CT molecular complexity index is 363. The summed E-state index contributed by atoms with van der Waals surface area (Å²) in [5.41, 5.74) is 0.294. The average Bonchev–Trinajstić information content (AvgIpc) is 2.27. The molecule has 0 spiro atoms. The highest BCUT2D eigenvalue weighted by Crippen LogP contribution is 2.22. The smallest absolute Gasteiger partial charge is 0.0672 e. The van der Waals surface area contributed by atoms with Crippen molar-refractivity contribution < 1.29 is 5.11 Å². The van der Waals surface area contributed by atoms with Gasteiger partial charge in [-0.05, 0) is 44.0 Å². The first-order chi connectivity index (χ1) is 8.41. The van der Waals surface area contributed by atoms with E-state index in [1.54, 1.807) is 0 Å². The molecular formula is C15H24ClNO. The fourth-order valence-corrected chi connectivity index (χ4v) is 2.09. The van der Waals surface area contributed by atoms with E-state index in [4.69, 9.17) is 11.6 Å². The SMILES string of the molecule is CC(C)CNCCC(C)(O)Cc1ccccc1Cl. The van der Waals surface area contributed by atoms with Crippen molar-refractivity contribution in [2.45, 2.75) is 39.2 Å². The number of hydrogen-bond donors (Lipinski definition) is 2.